The van der Waals surface area contributed by atoms with Gasteiger partial charge in [0.1, 0.15) is 0 Å². The highest BCUT2D eigenvalue weighted by atomic mass is 19.4. The minimum absolute atomic E-state index is 0.350. The van der Waals surface area contributed by atoms with Crippen LogP contribution in [0.2, 0.25) is 0 Å². The van der Waals surface area contributed by atoms with Crippen LogP contribution in [0.5, 0.6) is 0 Å². The summed E-state index contributed by atoms with van der Waals surface area (Å²) < 4.78 is 37.6. The van der Waals surface area contributed by atoms with Crippen molar-refractivity contribution in [1.29, 1.82) is 0 Å². The first kappa shape index (κ1) is 15.8. The summed E-state index contributed by atoms with van der Waals surface area (Å²) >= 11 is 0. The molecule has 0 bridgehead atoms. The molecule has 0 radical (unpaired) electrons. The molecule has 0 saturated heterocycles. The van der Waals surface area contributed by atoms with Crippen molar-refractivity contribution in [3.63, 3.8) is 0 Å². The lowest BCUT2D eigenvalue weighted by molar-refractivity contribution is -0.137. The first-order chi connectivity index (χ1) is 10.4. The number of nitrogens with one attached hydrogen (secondary N) is 3. The Hall–Kier alpha value is -2.54. The van der Waals surface area contributed by atoms with Crippen molar-refractivity contribution in [2.45, 2.75) is 6.18 Å². The van der Waals surface area contributed by atoms with E-state index in [9.17, 15) is 18.0 Å². The molecule has 1 amide bonds. The van der Waals surface area contributed by atoms with Crippen molar-refractivity contribution < 1.29 is 18.0 Å². The Kier molecular flexibility index (Phi) is 4.67. The minimum Gasteiger partial charge on any atom is -0.355 e. The Morgan fingerprint density at radius 1 is 1.00 bits per heavy atom. The zero-order chi connectivity index (χ0) is 16.2. The lowest BCUT2D eigenvalue weighted by Gasteiger charge is -2.13. The molecule has 0 fully saturated rings. The van der Waals surface area contributed by atoms with E-state index in [-0.39, 0.29) is 5.91 Å². The third-order valence-electron chi connectivity index (χ3n) is 2.90. The zero-order valence-corrected chi connectivity index (χ0v) is 11.7. The standard InChI is InChI=1S/C15H14F3N3O/c1-19-21-14(22)12-4-2-3-5-13(12)20-11-8-6-10(7-9-11)15(16,17)18/h2-9,19-20H,1H3,(H,21,22). The van der Waals surface area contributed by atoms with Crippen LogP contribution < -0.4 is 16.2 Å². The summed E-state index contributed by atoms with van der Waals surface area (Å²) in [6.45, 7) is 0. The molecule has 3 N–H and O–H groups in total. The summed E-state index contributed by atoms with van der Waals surface area (Å²) in [6, 6.07) is 11.3. The molecule has 0 saturated carbocycles. The molecule has 0 spiro atoms. The molecule has 0 aliphatic heterocycles. The van der Waals surface area contributed by atoms with Gasteiger partial charge in [0.25, 0.3) is 5.91 Å². The van der Waals surface area contributed by atoms with Crippen LogP contribution in [0.1, 0.15) is 15.9 Å². The van der Waals surface area contributed by atoms with Crippen molar-refractivity contribution in [3.8, 4) is 0 Å². The van der Waals surface area contributed by atoms with Gasteiger partial charge in [-0.3, -0.25) is 10.2 Å². The van der Waals surface area contributed by atoms with Gasteiger partial charge < -0.3 is 5.32 Å². The summed E-state index contributed by atoms with van der Waals surface area (Å²) in [7, 11) is 1.56. The van der Waals surface area contributed by atoms with Gasteiger partial charge in [0.2, 0.25) is 0 Å². The Balaban J connectivity index is 2.22. The Bertz CT molecular complexity index is 654. The van der Waals surface area contributed by atoms with E-state index in [1.807, 2.05) is 0 Å². The van der Waals surface area contributed by atoms with Crippen LogP contribution in [-0.2, 0) is 6.18 Å². The highest BCUT2D eigenvalue weighted by Gasteiger charge is 2.29. The minimum atomic E-state index is -4.37. The van der Waals surface area contributed by atoms with Crippen LogP contribution in [0, 0.1) is 0 Å². The number of para-hydroxylation sites is 1. The van der Waals surface area contributed by atoms with Crippen LogP contribution >= 0.6 is 0 Å². The van der Waals surface area contributed by atoms with Gasteiger partial charge in [0, 0.05) is 12.7 Å². The monoisotopic (exact) mass is 309 g/mol. The predicted octanol–water partition coefficient (Wildman–Crippen LogP) is 3.31. The van der Waals surface area contributed by atoms with Crippen LogP contribution in [0.3, 0.4) is 0 Å². The number of rotatable bonds is 4. The largest absolute Gasteiger partial charge is 0.416 e. The highest BCUT2D eigenvalue weighted by molar-refractivity contribution is 6.00. The fourth-order valence-corrected chi connectivity index (χ4v) is 1.87. The molecule has 0 aromatic heterocycles. The lowest BCUT2D eigenvalue weighted by Crippen LogP contribution is -2.34. The quantitative estimate of drug-likeness (QED) is 0.760. The van der Waals surface area contributed by atoms with Gasteiger partial charge in [-0.2, -0.15) is 13.2 Å². The molecular formula is C15H14F3N3O. The van der Waals surface area contributed by atoms with Gasteiger partial charge in [-0.25, -0.2) is 5.43 Å². The van der Waals surface area contributed by atoms with Crippen molar-refractivity contribution in [1.82, 2.24) is 10.9 Å². The first-order valence-electron chi connectivity index (χ1n) is 6.42. The molecule has 2 aromatic rings. The fourth-order valence-electron chi connectivity index (χ4n) is 1.87. The number of benzene rings is 2. The smallest absolute Gasteiger partial charge is 0.355 e. The van der Waals surface area contributed by atoms with Crippen molar-refractivity contribution in [2.75, 3.05) is 12.4 Å². The SMILES string of the molecule is CNNC(=O)c1ccccc1Nc1ccc(C(F)(F)F)cc1. The van der Waals surface area contributed by atoms with Gasteiger partial charge >= 0.3 is 6.18 Å². The predicted molar refractivity (Wildman–Crippen MR) is 77.7 cm³/mol. The number of carbonyl (C=O) groups excluding carboxylic acids is 1. The molecule has 0 aliphatic rings. The van der Waals surface area contributed by atoms with Crippen molar-refractivity contribution in [2.24, 2.45) is 0 Å². The fraction of sp³-hybridized carbons (Fsp3) is 0.133. The maximum atomic E-state index is 12.5. The summed E-state index contributed by atoms with van der Waals surface area (Å²) in [6.07, 6.45) is -4.37. The number of amides is 1. The molecule has 0 atom stereocenters. The molecule has 4 nitrogen and oxygen atoms in total. The van der Waals surface area contributed by atoms with E-state index in [1.165, 1.54) is 12.1 Å². The van der Waals surface area contributed by atoms with E-state index in [4.69, 9.17) is 0 Å². The van der Waals surface area contributed by atoms with E-state index in [0.717, 1.165) is 12.1 Å². The summed E-state index contributed by atoms with van der Waals surface area (Å²) in [5.74, 6) is -0.350. The highest BCUT2D eigenvalue weighted by Crippen LogP contribution is 2.30. The van der Waals surface area contributed by atoms with Gasteiger partial charge in [-0.05, 0) is 36.4 Å². The number of carbonyl (C=O) groups is 1. The Labute approximate surface area is 125 Å². The number of hydrazine groups is 1. The van der Waals surface area contributed by atoms with Crippen molar-refractivity contribution >= 4 is 17.3 Å². The molecule has 2 aromatic carbocycles. The molecule has 2 rings (SSSR count). The summed E-state index contributed by atoms with van der Waals surface area (Å²) in [5.41, 5.74) is 5.57. The molecule has 22 heavy (non-hydrogen) atoms. The third kappa shape index (κ3) is 3.76. The Morgan fingerprint density at radius 2 is 1.64 bits per heavy atom. The normalized spacial score (nSPS) is 11.1. The van der Waals surface area contributed by atoms with E-state index in [2.05, 4.69) is 16.2 Å². The van der Waals surface area contributed by atoms with Crippen LogP contribution in [0.15, 0.2) is 48.5 Å². The first-order valence-corrected chi connectivity index (χ1v) is 6.42. The Morgan fingerprint density at radius 3 is 2.23 bits per heavy atom. The van der Waals surface area contributed by atoms with Gasteiger partial charge in [0.15, 0.2) is 0 Å². The summed E-state index contributed by atoms with van der Waals surface area (Å²) in [4.78, 5) is 11.9. The molecule has 0 unspecified atom stereocenters. The second-order valence-electron chi connectivity index (χ2n) is 4.45. The van der Waals surface area contributed by atoms with E-state index in [0.29, 0.717) is 16.9 Å². The molecule has 0 aliphatic carbocycles. The maximum absolute atomic E-state index is 12.5. The average Bonchev–Trinajstić information content (AvgIpc) is 2.47. The molecule has 7 heteroatoms. The zero-order valence-electron chi connectivity index (χ0n) is 11.7. The van der Waals surface area contributed by atoms with E-state index < -0.39 is 11.7 Å². The van der Waals surface area contributed by atoms with Gasteiger partial charge in [0.05, 0.1) is 16.8 Å². The average molecular weight is 309 g/mol. The number of anilines is 2. The van der Waals surface area contributed by atoms with Crippen LogP contribution in [0.25, 0.3) is 0 Å². The van der Waals surface area contributed by atoms with Crippen LogP contribution in [0.4, 0.5) is 24.5 Å². The summed E-state index contributed by atoms with van der Waals surface area (Å²) in [5, 5.41) is 2.93. The lowest BCUT2D eigenvalue weighted by atomic mass is 10.1. The van der Waals surface area contributed by atoms with E-state index in [1.54, 1.807) is 31.3 Å². The molecular weight excluding hydrogens is 295 g/mol. The third-order valence-corrected chi connectivity index (χ3v) is 2.90. The molecule has 116 valence electrons. The van der Waals surface area contributed by atoms with Gasteiger partial charge in [-0.1, -0.05) is 12.1 Å². The van der Waals surface area contributed by atoms with Crippen LogP contribution in [-0.4, -0.2) is 13.0 Å². The number of hydrogen-bond acceptors (Lipinski definition) is 3. The van der Waals surface area contributed by atoms with Gasteiger partial charge in [-0.15, -0.1) is 0 Å². The topological polar surface area (TPSA) is 53.2 Å². The van der Waals surface area contributed by atoms with E-state index >= 15 is 0 Å². The second kappa shape index (κ2) is 6.48. The second-order valence-corrected chi connectivity index (χ2v) is 4.45. The number of alkyl halides is 3. The number of hydrogen-bond donors (Lipinski definition) is 3. The van der Waals surface area contributed by atoms with Crippen molar-refractivity contribution in [3.05, 3.63) is 59.7 Å². The maximum Gasteiger partial charge on any atom is 0.416 e. The molecule has 0 heterocycles. The number of halogens is 3.